The van der Waals surface area contributed by atoms with Crippen LogP contribution in [0.2, 0.25) is 0 Å². The minimum atomic E-state index is -1.01. The lowest BCUT2D eigenvalue weighted by Crippen LogP contribution is -2.31. The number of nitrogens with one attached hydrogen (secondary N) is 1. The Labute approximate surface area is 122 Å². The largest absolute Gasteiger partial charge is 0.480 e. The van der Waals surface area contributed by atoms with Crippen molar-refractivity contribution in [2.45, 2.75) is 25.7 Å². The van der Waals surface area contributed by atoms with Crippen molar-refractivity contribution >= 4 is 23.5 Å². The molecule has 2 amide bonds. The van der Waals surface area contributed by atoms with E-state index in [0.29, 0.717) is 19.3 Å². The molecule has 6 heteroatoms. The second-order valence-electron chi connectivity index (χ2n) is 5.21. The Morgan fingerprint density at radius 1 is 1.38 bits per heavy atom. The summed E-state index contributed by atoms with van der Waals surface area (Å²) in [6.07, 6.45) is 2.11. The van der Waals surface area contributed by atoms with Crippen molar-refractivity contribution in [3.63, 3.8) is 0 Å². The summed E-state index contributed by atoms with van der Waals surface area (Å²) >= 11 is 0. The van der Waals surface area contributed by atoms with Crippen molar-refractivity contribution in [2.24, 2.45) is 0 Å². The Kier molecular flexibility index (Phi) is 4.57. The summed E-state index contributed by atoms with van der Waals surface area (Å²) in [6, 6.07) is 5.81. The molecule has 0 unspecified atom stereocenters. The first-order valence-electron chi connectivity index (χ1n) is 6.83. The number of carboxylic acid groups (broad SMARTS) is 1. The van der Waals surface area contributed by atoms with Crippen molar-refractivity contribution in [1.29, 1.82) is 0 Å². The molecular weight excluding hydrogens is 272 g/mol. The van der Waals surface area contributed by atoms with E-state index in [1.807, 2.05) is 18.2 Å². The molecule has 1 aromatic rings. The van der Waals surface area contributed by atoms with E-state index in [-0.39, 0.29) is 18.4 Å². The average Bonchev–Trinajstić information content (AvgIpc) is 2.77. The number of hydrogen-bond donors (Lipinski definition) is 2. The van der Waals surface area contributed by atoms with E-state index in [4.69, 9.17) is 5.11 Å². The standard InChI is InChI=1S/C15H18N2O4/c1-17(9-15(20)21)14(19)4-2-3-10-5-6-12-11(7-10)8-13(18)16-12/h5-7H,2-4,8-9H2,1H3,(H,16,18)(H,20,21). The van der Waals surface area contributed by atoms with Crippen LogP contribution in [0.15, 0.2) is 18.2 Å². The Morgan fingerprint density at radius 3 is 2.86 bits per heavy atom. The predicted octanol–water partition coefficient (Wildman–Crippen LogP) is 1.05. The van der Waals surface area contributed by atoms with Gasteiger partial charge in [0.05, 0.1) is 6.42 Å². The van der Waals surface area contributed by atoms with Crippen LogP contribution in [0.25, 0.3) is 0 Å². The normalized spacial score (nSPS) is 12.7. The number of hydrogen-bond acceptors (Lipinski definition) is 3. The van der Waals surface area contributed by atoms with Crippen LogP contribution in [0.5, 0.6) is 0 Å². The summed E-state index contributed by atoms with van der Waals surface area (Å²) < 4.78 is 0. The molecule has 1 aliphatic heterocycles. The molecule has 2 rings (SSSR count). The molecule has 0 aliphatic carbocycles. The minimum absolute atomic E-state index is 0.00706. The van der Waals surface area contributed by atoms with Crippen molar-refractivity contribution in [2.75, 3.05) is 18.9 Å². The number of fused-ring (bicyclic) bond motifs is 1. The van der Waals surface area contributed by atoms with Crippen LogP contribution in [0, 0.1) is 0 Å². The first-order chi connectivity index (χ1) is 9.95. The summed E-state index contributed by atoms with van der Waals surface area (Å²) in [4.78, 5) is 34.7. The number of anilines is 1. The molecule has 0 bridgehead atoms. The molecule has 0 aromatic heterocycles. The smallest absolute Gasteiger partial charge is 0.323 e. The zero-order chi connectivity index (χ0) is 15.4. The molecule has 1 aliphatic rings. The van der Waals surface area contributed by atoms with E-state index in [1.165, 1.54) is 11.9 Å². The van der Waals surface area contributed by atoms with Crippen molar-refractivity contribution in [3.05, 3.63) is 29.3 Å². The molecule has 112 valence electrons. The average molecular weight is 290 g/mol. The van der Waals surface area contributed by atoms with Gasteiger partial charge in [0.15, 0.2) is 0 Å². The first kappa shape index (κ1) is 15.0. The number of aliphatic carboxylic acids is 1. The Balaban J connectivity index is 1.82. The second-order valence-corrected chi connectivity index (χ2v) is 5.21. The highest BCUT2D eigenvalue weighted by Gasteiger charge is 2.17. The number of aryl methyl sites for hydroxylation is 1. The van der Waals surface area contributed by atoms with Crippen molar-refractivity contribution in [1.82, 2.24) is 4.90 Å². The van der Waals surface area contributed by atoms with Gasteiger partial charge in [-0.15, -0.1) is 0 Å². The van der Waals surface area contributed by atoms with Gasteiger partial charge in [0.2, 0.25) is 11.8 Å². The molecule has 0 fully saturated rings. The number of nitrogens with zero attached hydrogens (tertiary/aromatic N) is 1. The molecule has 0 saturated carbocycles. The maximum absolute atomic E-state index is 11.7. The molecule has 0 atom stereocenters. The number of carboxylic acids is 1. The van der Waals surface area contributed by atoms with E-state index >= 15 is 0 Å². The fraction of sp³-hybridized carbons (Fsp3) is 0.400. The predicted molar refractivity (Wildman–Crippen MR) is 77.0 cm³/mol. The fourth-order valence-electron chi connectivity index (χ4n) is 2.36. The molecule has 1 aromatic carbocycles. The third-order valence-corrected chi connectivity index (χ3v) is 3.45. The second kappa shape index (κ2) is 6.39. The number of carbonyl (C=O) groups excluding carboxylic acids is 2. The van der Waals surface area contributed by atoms with Gasteiger partial charge in [-0.25, -0.2) is 0 Å². The lowest BCUT2D eigenvalue weighted by molar-refractivity contribution is -0.143. The van der Waals surface area contributed by atoms with E-state index < -0.39 is 5.97 Å². The Morgan fingerprint density at radius 2 is 2.14 bits per heavy atom. The van der Waals surface area contributed by atoms with Gasteiger partial charge in [-0.1, -0.05) is 12.1 Å². The van der Waals surface area contributed by atoms with E-state index in [9.17, 15) is 14.4 Å². The number of amides is 2. The maximum atomic E-state index is 11.7. The molecular formula is C15H18N2O4. The third-order valence-electron chi connectivity index (χ3n) is 3.45. The monoisotopic (exact) mass is 290 g/mol. The van der Waals surface area contributed by atoms with Crippen LogP contribution in [0.4, 0.5) is 5.69 Å². The first-order valence-corrected chi connectivity index (χ1v) is 6.83. The van der Waals surface area contributed by atoms with Crippen LogP contribution < -0.4 is 5.32 Å². The summed E-state index contributed by atoms with van der Waals surface area (Å²) in [5.41, 5.74) is 2.94. The van der Waals surface area contributed by atoms with Gasteiger partial charge in [0.25, 0.3) is 0 Å². The SMILES string of the molecule is CN(CC(=O)O)C(=O)CCCc1ccc2c(c1)CC(=O)N2. The quantitative estimate of drug-likeness (QED) is 0.819. The minimum Gasteiger partial charge on any atom is -0.480 e. The molecule has 1 heterocycles. The zero-order valence-electron chi connectivity index (χ0n) is 11.9. The molecule has 2 N–H and O–H groups in total. The zero-order valence-corrected chi connectivity index (χ0v) is 11.9. The van der Waals surface area contributed by atoms with Crippen molar-refractivity contribution in [3.8, 4) is 0 Å². The highest BCUT2D eigenvalue weighted by Crippen LogP contribution is 2.24. The van der Waals surface area contributed by atoms with Crippen LogP contribution in [0.1, 0.15) is 24.0 Å². The number of rotatable bonds is 6. The molecule has 0 saturated heterocycles. The number of carbonyl (C=O) groups is 3. The summed E-state index contributed by atoms with van der Waals surface area (Å²) in [7, 11) is 1.49. The molecule has 21 heavy (non-hydrogen) atoms. The summed E-state index contributed by atoms with van der Waals surface area (Å²) in [5, 5.41) is 11.4. The van der Waals surface area contributed by atoms with Gasteiger partial charge in [-0.2, -0.15) is 0 Å². The van der Waals surface area contributed by atoms with E-state index in [1.54, 1.807) is 0 Å². The van der Waals surface area contributed by atoms with Gasteiger partial charge in [-0.05, 0) is 30.0 Å². The molecule has 0 spiro atoms. The molecule has 0 radical (unpaired) electrons. The van der Waals surface area contributed by atoms with Gasteiger partial charge in [-0.3, -0.25) is 14.4 Å². The number of benzene rings is 1. The van der Waals surface area contributed by atoms with Crippen molar-refractivity contribution < 1.29 is 19.5 Å². The van der Waals surface area contributed by atoms with Gasteiger partial charge in [0, 0.05) is 19.2 Å². The lowest BCUT2D eigenvalue weighted by Gasteiger charge is -2.14. The summed E-state index contributed by atoms with van der Waals surface area (Å²) in [5.74, 6) is -1.18. The van der Waals surface area contributed by atoms with Gasteiger partial charge >= 0.3 is 5.97 Å². The van der Waals surface area contributed by atoms with Crippen LogP contribution in [0.3, 0.4) is 0 Å². The lowest BCUT2D eigenvalue weighted by atomic mass is 10.0. The highest BCUT2D eigenvalue weighted by molar-refractivity contribution is 5.99. The maximum Gasteiger partial charge on any atom is 0.323 e. The van der Waals surface area contributed by atoms with Crippen LogP contribution in [-0.2, 0) is 27.2 Å². The third kappa shape index (κ3) is 4.05. The summed E-state index contributed by atoms with van der Waals surface area (Å²) in [6.45, 7) is -0.272. The molecule has 6 nitrogen and oxygen atoms in total. The number of likely N-dealkylation sites (N-methyl/N-ethyl adjacent to an activating group) is 1. The highest BCUT2D eigenvalue weighted by atomic mass is 16.4. The van der Waals surface area contributed by atoms with Crippen LogP contribution in [-0.4, -0.2) is 41.4 Å². The van der Waals surface area contributed by atoms with E-state index in [2.05, 4.69) is 5.32 Å². The topological polar surface area (TPSA) is 86.7 Å². The Hall–Kier alpha value is -2.37. The van der Waals surface area contributed by atoms with Crippen LogP contribution >= 0.6 is 0 Å². The van der Waals surface area contributed by atoms with Gasteiger partial charge in [0.1, 0.15) is 6.54 Å². The van der Waals surface area contributed by atoms with E-state index in [0.717, 1.165) is 23.2 Å². The fourth-order valence-corrected chi connectivity index (χ4v) is 2.36. The van der Waals surface area contributed by atoms with Gasteiger partial charge < -0.3 is 15.3 Å². The Bertz CT molecular complexity index is 583.